The molecule has 1 atom stereocenters. The molecule has 11 heteroatoms. The second kappa shape index (κ2) is 16.0. The summed E-state index contributed by atoms with van der Waals surface area (Å²) in [5.74, 6) is -0.0110. The third kappa shape index (κ3) is 11.5. The zero-order valence-corrected chi connectivity index (χ0v) is 27.5. The predicted octanol–water partition coefficient (Wildman–Crippen LogP) is 7.53. The number of amidine groups is 1. The fourth-order valence-corrected chi connectivity index (χ4v) is 5.09. The minimum absolute atomic E-state index is 0.00326. The van der Waals surface area contributed by atoms with Crippen molar-refractivity contribution in [1.29, 1.82) is 0 Å². The van der Waals surface area contributed by atoms with Crippen molar-refractivity contribution in [3.8, 4) is 0 Å². The van der Waals surface area contributed by atoms with Crippen molar-refractivity contribution in [3.05, 3.63) is 35.1 Å². The lowest BCUT2D eigenvalue weighted by atomic mass is 10.0. The fourth-order valence-electron chi connectivity index (χ4n) is 5.09. The van der Waals surface area contributed by atoms with Gasteiger partial charge in [0.05, 0.1) is 11.8 Å². The first kappa shape index (κ1) is 35.0. The third-order valence-corrected chi connectivity index (χ3v) is 7.09. The first-order valence-corrected chi connectivity index (χ1v) is 15.9. The van der Waals surface area contributed by atoms with Gasteiger partial charge in [-0.25, -0.2) is 19.0 Å². The highest BCUT2D eigenvalue weighted by Crippen LogP contribution is 2.23. The first-order valence-electron chi connectivity index (χ1n) is 15.9. The summed E-state index contributed by atoms with van der Waals surface area (Å²) in [5.41, 5.74) is 0.303. The molecule has 1 aromatic carbocycles. The molecule has 1 saturated heterocycles. The molecule has 2 heterocycles. The highest BCUT2D eigenvalue weighted by molar-refractivity contribution is 6.11. The Labute approximate surface area is 261 Å². The van der Waals surface area contributed by atoms with Gasteiger partial charge < -0.3 is 19.2 Å². The smallest absolute Gasteiger partial charge is 0.437 e. The van der Waals surface area contributed by atoms with E-state index in [4.69, 9.17) is 19.3 Å². The molecule has 2 aliphatic heterocycles. The zero-order chi connectivity index (χ0) is 32.3. The Hall–Kier alpha value is -3.50. The molecule has 0 aromatic heterocycles. The second-order valence-electron chi connectivity index (χ2n) is 13.4. The maximum atomic E-state index is 15.1. The number of unbranched alkanes of at least 4 members (excludes halogenated alkanes) is 6. The van der Waals surface area contributed by atoms with Gasteiger partial charge in [0, 0.05) is 12.1 Å². The quantitative estimate of drug-likeness (QED) is 0.165. The molecule has 1 fully saturated rings. The van der Waals surface area contributed by atoms with Crippen molar-refractivity contribution in [3.63, 3.8) is 0 Å². The van der Waals surface area contributed by atoms with E-state index in [2.05, 4.69) is 22.4 Å². The summed E-state index contributed by atoms with van der Waals surface area (Å²) >= 11 is 0. The Morgan fingerprint density at radius 3 is 2.39 bits per heavy atom. The van der Waals surface area contributed by atoms with E-state index in [9.17, 15) is 9.59 Å². The molecule has 44 heavy (non-hydrogen) atoms. The number of halogens is 1. The molecule has 0 bridgehead atoms. The van der Waals surface area contributed by atoms with E-state index in [1.54, 1.807) is 52.5 Å². The van der Waals surface area contributed by atoms with E-state index in [0.29, 0.717) is 36.2 Å². The van der Waals surface area contributed by atoms with E-state index >= 15 is 4.39 Å². The molecule has 2 aliphatic rings. The van der Waals surface area contributed by atoms with Crippen LogP contribution >= 0.6 is 0 Å². The van der Waals surface area contributed by atoms with Crippen LogP contribution in [-0.4, -0.2) is 65.0 Å². The summed E-state index contributed by atoms with van der Waals surface area (Å²) < 4.78 is 25.9. The van der Waals surface area contributed by atoms with Gasteiger partial charge >= 0.3 is 12.2 Å². The Bertz CT molecular complexity index is 1230. The predicted molar refractivity (Wildman–Crippen MR) is 171 cm³/mol. The van der Waals surface area contributed by atoms with Crippen LogP contribution in [0, 0.1) is 5.82 Å². The van der Waals surface area contributed by atoms with Gasteiger partial charge in [-0.05, 0) is 78.9 Å². The van der Waals surface area contributed by atoms with Gasteiger partial charge in [-0.2, -0.15) is 0 Å². The number of carbonyl (C=O) groups is 2. The molecule has 244 valence electrons. The van der Waals surface area contributed by atoms with E-state index in [1.165, 1.54) is 38.2 Å². The topological polar surface area (TPSA) is 114 Å². The number of guanidine groups is 1. The zero-order valence-electron chi connectivity index (χ0n) is 27.5. The molecule has 10 nitrogen and oxygen atoms in total. The van der Waals surface area contributed by atoms with Crippen LogP contribution < -0.4 is 5.32 Å². The summed E-state index contributed by atoms with van der Waals surface area (Å²) in [7, 11) is 0. The lowest BCUT2D eigenvalue weighted by Gasteiger charge is -2.30. The number of nitrogens with one attached hydrogen (secondary N) is 1. The average Bonchev–Trinajstić information content (AvgIpc) is 3.41. The molecular formula is C33H50FN5O5. The lowest BCUT2D eigenvalue weighted by Crippen LogP contribution is -2.51. The van der Waals surface area contributed by atoms with Crippen LogP contribution in [0.15, 0.2) is 33.3 Å². The van der Waals surface area contributed by atoms with Gasteiger partial charge in [-0.1, -0.05) is 62.7 Å². The number of carbonyl (C=O) groups excluding carboxylic acids is 2. The molecule has 1 aromatic rings. The van der Waals surface area contributed by atoms with E-state index in [0.717, 1.165) is 19.3 Å². The number of hydrogen-bond acceptors (Lipinski definition) is 7. The molecule has 2 amide bonds. The number of nitrogens with zero attached hydrogens (tertiary/aromatic N) is 4. The van der Waals surface area contributed by atoms with E-state index < -0.39 is 23.4 Å². The van der Waals surface area contributed by atoms with Crippen LogP contribution in [0.1, 0.15) is 117 Å². The monoisotopic (exact) mass is 615 g/mol. The summed E-state index contributed by atoms with van der Waals surface area (Å²) in [5, 5.41) is 6.73. The molecule has 0 aliphatic carbocycles. The van der Waals surface area contributed by atoms with Crippen LogP contribution in [0.5, 0.6) is 0 Å². The Balaban J connectivity index is 1.75. The second-order valence-corrected chi connectivity index (χ2v) is 13.4. The molecule has 3 rings (SSSR count). The standard InChI is InChI=1S/C33H50FN5O5/c1-8-9-10-11-12-13-14-16-23-18-19-24(21-25(23)34)28-35-26(22-42-38-28)27-17-15-20-39(27)29(36-30(40)43-32(2,3)4)37-31(41)44-33(5,6)7/h18-19,21,27H,8-17,20,22H2,1-7H3,(H,36,37,40,41)/t27-/m0/s1. The molecule has 0 spiro atoms. The normalized spacial score (nSPS) is 17.5. The van der Waals surface area contributed by atoms with Crippen LogP contribution in [0.25, 0.3) is 0 Å². The number of aryl methyl sites for hydroxylation is 1. The molecular weight excluding hydrogens is 565 g/mol. The molecule has 0 saturated carbocycles. The van der Waals surface area contributed by atoms with Crippen molar-refractivity contribution in [2.24, 2.45) is 15.1 Å². The molecule has 1 N–H and O–H groups in total. The molecule has 0 radical (unpaired) electrons. The van der Waals surface area contributed by atoms with Gasteiger partial charge in [-0.3, -0.25) is 5.32 Å². The minimum Gasteiger partial charge on any atom is -0.444 e. The largest absolute Gasteiger partial charge is 0.444 e. The summed E-state index contributed by atoms with van der Waals surface area (Å²) in [6.07, 6.45) is 8.76. The van der Waals surface area contributed by atoms with E-state index in [1.807, 2.05) is 6.07 Å². The van der Waals surface area contributed by atoms with Crippen LogP contribution in [0.4, 0.5) is 14.0 Å². The Morgan fingerprint density at radius 1 is 1.05 bits per heavy atom. The highest BCUT2D eigenvalue weighted by atomic mass is 19.1. The average molecular weight is 616 g/mol. The summed E-state index contributed by atoms with van der Waals surface area (Å²) in [4.78, 5) is 41.5. The lowest BCUT2D eigenvalue weighted by molar-refractivity contribution is 0.0554. The van der Waals surface area contributed by atoms with Gasteiger partial charge in [0.15, 0.2) is 12.4 Å². The maximum absolute atomic E-state index is 15.1. The van der Waals surface area contributed by atoms with Crippen LogP contribution in [0.2, 0.25) is 0 Å². The number of alkyl carbamates (subject to hydrolysis) is 1. The summed E-state index contributed by atoms with van der Waals surface area (Å²) in [6, 6.07) is 4.72. The van der Waals surface area contributed by atoms with E-state index in [-0.39, 0.29) is 30.3 Å². The van der Waals surface area contributed by atoms with Crippen molar-refractivity contribution < 1.29 is 28.3 Å². The minimum atomic E-state index is -0.842. The number of benzene rings is 1. The van der Waals surface area contributed by atoms with Crippen molar-refractivity contribution in [2.45, 2.75) is 130 Å². The van der Waals surface area contributed by atoms with Gasteiger partial charge in [0.2, 0.25) is 5.96 Å². The van der Waals surface area contributed by atoms with Crippen molar-refractivity contribution >= 4 is 29.7 Å². The van der Waals surface area contributed by atoms with Crippen molar-refractivity contribution in [2.75, 3.05) is 13.2 Å². The number of likely N-dealkylation sites (tertiary alicyclic amines) is 1. The van der Waals surface area contributed by atoms with Gasteiger partial charge in [0.25, 0.3) is 0 Å². The summed E-state index contributed by atoms with van der Waals surface area (Å²) in [6.45, 7) is 13.3. The Morgan fingerprint density at radius 2 is 1.73 bits per heavy atom. The van der Waals surface area contributed by atoms with Crippen LogP contribution in [0.3, 0.4) is 0 Å². The SMILES string of the molecule is CCCCCCCCCc1ccc(C2=NOCC([C@@H]3CCCN3C(=NC(=O)OC(C)(C)C)NC(=O)OC(C)(C)C)=N2)cc1F. The maximum Gasteiger partial charge on any atom is 0.437 e. The number of amides is 2. The highest BCUT2D eigenvalue weighted by Gasteiger charge is 2.35. The number of oxime groups is 1. The Kier molecular flexibility index (Phi) is 12.7. The fraction of sp³-hybridized carbons (Fsp3) is 0.667. The van der Waals surface area contributed by atoms with Crippen LogP contribution in [-0.2, 0) is 20.7 Å². The third-order valence-electron chi connectivity index (χ3n) is 7.09. The first-order chi connectivity index (χ1) is 20.8. The number of rotatable bonds is 10. The number of aliphatic imine (C=N–C) groups is 2. The number of hydrogen-bond donors (Lipinski definition) is 1. The van der Waals surface area contributed by atoms with Gasteiger partial charge in [-0.15, -0.1) is 4.99 Å². The van der Waals surface area contributed by atoms with Gasteiger partial charge in [0.1, 0.15) is 17.0 Å². The molecule has 0 unspecified atom stereocenters. The number of ether oxygens (including phenoxy) is 2. The van der Waals surface area contributed by atoms with Crippen molar-refractivity contribution in [1.82, 2.24) is 10.2 Å².